The second-order valence-corrected chi connectivity index (χ2v) is 10.1. The van der Waals surface area contributed by atoms with Crippen LogP contribution in [0.3, 0.4) is 0 Å². The number of Topliss-reactive ketones (excluding diaryl/α,β-unsaturated/α-hetero) is 1. The van der Waals surface area contributed by atoms with E-state index < -0.39 is 29.1 Å². The minimum Gasteiger partial charge on any atom is -0.508 e. The molecule has 0 bridgehead atoms. The van der Waals surface area contributed by atoms with Gasteiger partial charge in [-0.25, -0.2) is 0 Å². The Hall–Kier alpha value is -3.97. The molecular formula is C29H28ClNO6. The number of ketones is 1. The van der Waals surface area contributed by atoms with Gasteiger partial charge in [-0.05, 0) is 62.7 Å². The van der Waals surface area contributed by atoms with Gasteiger partial charge in [0.15, 0.2) is 0 Å². The molecule has 192 valence electrons. The van der Waals surface area contributed by atoms with Gasteiger partial charge in [0.25, 0.3) is 11.7 Å². The molecule has 0 aromatic heterocycles. The van der Waals surface area contributed by atoms with Crippen LogP contribution in [-0.2, 0) is 16.1 Å². The fourth-order valence-corrected chi connectivity index (χ4v) is 4.46. The highest BCUT2D eigenvalue weighted by atomic mass is 35.5. The van der Waals surface area contributed by atoms with E-state index >= 15 is 0 Å². The van der Waals surface area contributed by atoms with E-state index in [0.717, 1.165) is 0 Å². The molecule has 4 rings (SSSR count). The lowest BCUT2D eigenvalue weighted by atomic mass is 9.95. The van der Waals surface area contributed by atoms with Crippen LogP contribution < -0.4 is 9.47 Å². The molecule has 1 atom stereocenters. The quantitative estimate of drug-likeness (QED) is 0.240. The first-order chi connectivity index (χ1) is 17.5. The summed E-state index contributed by atoms with van der Waals surface area (Å²) < 4.78 is 11.4. The van der Waals surface area contributed by atoms with Crippen LogP contribution in [0.15, 0.2) is 72.3 Å². The lowest BCUT2D eigenvalue weighted by Gasteiger charge is -2.28. The Kier molecular flexibility index (Phi) is 7.18. The molecular weight excluding hydrogens is 494 g/mol. The summed E-state index contributed by atoms with van der Waals surface area (Å²) in [6.07, 6.45) is 0. The third kappa shape index (κ3) is 5.42. The first kappa shape index (κ1) is 26.1. The number of ether oxygens (including phenoxy) is 2. The number of nitrogens with zero attached hydrogens (tertiary/aromatic N) is 1. The normalized spacial score (nSPS) is 17.2. The number of carbonyl (C=O) groups excluding carboxylic acids is 2. The van der Waals surface area contributed by atoms with Gasteiger partial charge in [0, 0.05) is 11.1 Å². The molecule has 37 heavy (non-hydrogen) atoms. The van der Waals surface area contributed by atoms with Gasteiger partial charge in [0.1, 0.15) is 28.6 Å². The van der Waals surface area contributed by atoms with Crippen molar-refractivity contribution in [1.82, 2.24) is 4.90 Å². The molecule has 1 amide bonds. The SMILES string of the molecule is COc1ccc(Cl)c(/C(O)=C2\C(=O)C(=O)N(Cc3ccccc3OC(C)(C)C)C2c2ccc(O)cc2)c1. The predicted octanol–water partition coefficient (Wildman–Crippen LogP) is 5.85. The number of rotatable bonds is 6. The smallest absolute Gasteiger partial charge is 0.295 e. The molecule has 0 aliphatic carbocycles. The summed E-state index contributed by atoms with van der Waals surface area (Å²) in [7, 11) is 1.47. The summed E-state index contributed by atoms with van der Waals surface area (Å²) in [5.74, 6) is -0.998. The van der Waals surface area contributed by atoms with Crippen LogP contribution in [0, 0.1) is 0 Å². The summed E-state index contributed by atoms with van der Waals surface area (Å²) >= 11 is 6.36. The molecule has 1 aliphatic heterocycles. The summed E-state index contributed by atoms with van der Waals surface area (Å²) in [5, 5.41) is 21.4. The van der Waals surface area contributed by atoms with Crippen LogP contribution in [-0.4, -0.2) is 39.5 Å². The number of carbonyl (C=O) groups is 2. The highest BCUT2D eigenvalue weighted by Crippen LogP contribution is 2.42. The molecule has 0 spiro atoms. The number of methoxy groups -OCH3 is 1. The van der Waals surface area contributed by atoms with Crippen molar-refractivity contribution in [2.75, 3.05) is 7.11 Å². The van der Waals surface area contributed by atoms with Gasteiger partial charge in [-0.15, -0.1) is 0 Å². The molecule has 1 heterocycles. The van der Waals surface area contributed by atoms with Crippen LogP contribution in [0.2, 0.25) is 5.02 Å². The average Bonchev–Trinajstić information content (AvgIpc) is 3.09. The number of likely N-dealkylation sites (tertiary alicyclic amines) is 1. The minimum atomic E-state index is -0.939. The predicted molar refractivity (Wildman–Crippen MR) is 141 cm³/mol. The van der Waals surface area contributed by atoms with Gasteiger partial charge in [-0.1, -0.05) is 41.9 Å². The number of phenolic OH excluding ortho intramolecular Hbond substituents is 1. The maximum absolute atomic E-state index is 13.4. The van der Waals surface area contributed by atoms with Gasteiger partial charge in [0.2, 0.25) is 0 Å². The highest BCUT2D eigenvalue weighted by molar-refractivity contribution is 6.47. The number of para-hydroxylation sites is 1. The van der Waals surface area contributed by atoms with Crippen molar-refractivity contribution in [3.8, 4) is 17.2 Å². The Morgan fingerprint density at radius 2 is 1.70 bits per heavy atom. The number of phenols is 1. The first-order valence-electron chi connectivity index (χ1n) is 11.7. The van der Waals surface area contributed by atoms with E-state index in [2.05, 4.69) is 0 Å². The van der Waals surface area contributed by atoms with Gasteiger partial charge in [-0.2, -0.15) is 0 Å². The van der Waals surface area contributed by atoms with Gasteiger partial charge >= 0.3 is 0 Å². The molecule has 3 aromatic rings. The van der Waals surface area contributed by atoms with Gasteiger partial charge in [0.05, 0.1) is 30.3 Å². The van der Waals surface area contributed by atoms with E-state index in [9.17, 15) is 19.8 Å². The average molecular weight is 522 g/mol. The topological polar surface area (TPSA) is 96.3 Å². The zero-order chi connectivity index (χ0) is 26.9. The van der Waals surface area contributed by atoms with Crippen LogP contribution >= 0.6 is 11.6 Å². The van der Waals surface area contributed by atoms with Crippen molar-refractivity contribution in [2.24, 2.45) is 0 Å². The Balaban J connectivity index is 1.87. The molecule has 7 nitrogen and oxygen atoms in total. The summed E-state index contributed by atoms with van der Waals surface area (Å²) in [6, 6.07) is 17.2. The standard InChI is InChI=1S/C29H28ClNO6/c1-29(2,3)37-23-8-6-5-7-18(23)16-31-25(17-9-11-19(32)12-10-17)24(27(34)28(31)35)26(33)21-15-20(36-4)13-14-22(21)30/h5-15,25,32-33H,16H2,1-4H3/b26-24+. The Bertz CT molecular complexity index is 1370. The minimum absolute atomic E-state index is 0.0282. The number of hydrogen-bond acceptors (Lipinski definition) is 6. The molecule has 3 aromatic carbocycles. The van der Waals surface area contributed by atoms with E-state index in [1.807, 2.05) is 45.0 Å². The van der Waals surface area contributed by atoms with E-state index in [0.29, 0.717) is 22.6 Å². The van der Waals surface area contributed by atoms with E-state index in [1.165, 1.54) is 30.2 Å². The Labute approximate surface area is 220 Å². The molecule has 1 aliphatic rings. The number of aliphatic hydroxyl groups excluding tert-OH is 1. The maximum atomic E-state index is 13.4. The van der Waals surface area contributed by atoms with Crippen molar-refractivity contribution in [3.05, 3.63) is 94.0 Å². The van der Waals surface area contributed by atoms with E-state index in [1.54, 1.807) is 24.3 Å². The fourth-order valence-electron chi connectivity index (χ4n) is 4.25. The zero-order valence-corrected chi connectivity index (χ0v) is 21.7. The Morgan fingerprint density at radius 3 is 2.35 bits per heavy atom. The van der Waals surface area contributed by atoms with Crippen molar-refractivity contribution in [3.63, 3.8) is 0 Å². The monoisotopic (exact) mass is 521 g/mol. The first-order valence-corrected chi connectivity index (χ1v) is 12.1. The van der Waals surface area contributed by atoms with Crippen LogP contribution in [0.1, 0.15) is 43.5 Å². The number of hydrogen-bond donors (Lipinski definition) is 2. The van der Waals surface area contributed by atoms with Crippen LogP contribution in [0.25, 0.3) is 5.76 Å². The molecule has 1 fully saturated rings. The zero-order valence-electron chi connectivity index (χ0n) is 21.0. The van der Waals surface area contributed by atoms with Crippen LogP contribution in [0.4, 0.5) is 0 Å². The molecule has 1 saturated heterocycles. The number of halogens is 1. The summed E-state index contributed by atoms with van der Waals surface area (Å²) in [5.41, 5.74) is 0.803. The number of aliphatic hydroxyl groups is 1. The molecule has 0 saturated carbocycles. The van der Waals surface area contributed by atoms with Gasteiger partial charge < -0.3 is 24.6 Å². The van der Waals surface area contributed by atoms with E-state index in [4.69, 9.17) is 21.1 Å². The third-order valence-electron chi connectivity index (χ3n) is 5.91. The van der Waals surface area contributed by atoms with Crippen molar-refractivity contribution >= 4 is 29.1 Å². The number of benzene rings is 3. The van der Waals surface area contributed by atoms with Crippen LogP contribution in [0.5, 0.6) is 17.2 Å². The molecule has 0 radical (unpaired) electrons. The fraction of sp³-hybridized carbons (Fsp3) is 0.241. The van der Waals surface area contributed by atoms with Crippen molar-refractivity contribution in [1.29, 1.82) is 0 Å². The second-order valence-electron chi connectivity index (χ2n) is 9.69. The van der Waals surface area contributed by atoms with Crippen molar-refractivity contribution in [2.45, 2.75) is 39.0 Å². The largest absolute Gasteiger partial charge is 0.508 e. The highest BCUT2D eigenvalue weighted by Gasteiger charge is 2.46. The second kappa shape index (κ2) is 10.2. The third-order valence-corrected chi connectivity index (χ3v) is 6.24. The maximum Gasteiger partial charge on any atom is 0.295 e. The lowest BCUT2D eigenvalue weighted by Crippen LogP contribution is -2.30. The molecule has 2 N–H and O–H groups in total. The van der Waals surface area contributed by atoms with Gasteiger partial charge in [-0.3, -0.25) is 9.59 Å². The summed E-state index contributed by atoms with van der Waals surface area (Å²) in [6.45, 7) is 5.81. The number of amides is 1. The van der Waals surface area contributed by atoms with E-state index in [-0.39, 0.29) is 28.5 Å². The Morgan fingerprint density at radius 1 is 1.03 bits per heavy atom. The lowest BCUT2D eigenvalue weighted by molar-refractivity contribution is -0.140. The van der Waals surface area contributed by atoms with Crippen molar-refractivity contribution < 1.29 is 29.3 Å². The number of aromatic hydroxyl groups is 1. The summed E-state index contributed by atoms with van der Waals surface area (Å²) in [4.78, 5) is 28.2. The molecule has 8 heteroatoms. The molecule has 1 unspecified atom stereocenters.